The minimum absolute atomic E-state index is 0.724. The van der Waals surface area contributed by atoms with Crippen molar-refractivity contribution in [1.82, 2.24) is 9.97 Å². The van der Waals surface area contributed by atoms with Gasteiger partial charge in [-0.05, 0) is 28.1 Å². The largest absolute Gasteiger partial charge is 0.333 e. The van der Waals surface area contributed by atoms with Crippen LogP contribution < -0.4 is 0 Å². The van der Waals surface area contributed by atoms with Crippen LogP contribution in [0.15, 0.2) is 10.7 Å². The standard InChI is InChI=1S/C8H11BrN2S2/c1-2-3-13-5-7-10-4-6(9)8(12)11-7/h4H,2-3,5H2,1H3,(H,10,11,12). The first kappa shape index (κ1) is 11.2. The normalized spacial score (nSPS) is 10.3. The van der Waals surface area contributed by atoms with Crippen LogP contribution in [0.2, 0.25) is 0 Å². The number of nitrogens with one attached hydrogen (secondary N) is 1. The molecule has 0 saturated heterocycles. The highest BCUT2D eigenvalue weighted by molar-refractivity contribution is 9.10. The summed E-state index contributed by atoms with van der Waals surface area (Å²) in [5.41, 5.74) is 0. The average Bonchev–Trinajstić information content (AvgIpc) is 2.12. The molecule has 0 bridgehead atoms. The molecule has 0 aliphatic heterocycles. The van der Waals surface area contributed by atoms with Gasteiger partial charge in [-0.1, -0.05) is 19.1 Å². The summed E-state index contributed by atoms with van der Waals surface area (Å²) in [5.74, 6) is 3.02. The molecule has 0 aromatic carbocycles. The molecular formula is C8H11BrN2S2. The van der Waals surface area contributed by atoms with Gasteiger partial charge in [-0.15, -0.1) is 0 Å². The Labute approximate surface area is 95.7 Å². The third-order valence-electron chi connectivity index (χ3n) is 1.40. The van der Waals surface area contributed by atoms with Gasteiger partial charge in [0, 0.05) is 6.20 Å². The first-order valence-electron chi connectivity index (χ1n) is 4.05. The second-order valence-electron chi connectivity index (χ2n) is 2.56. The molecule has 2 nitrogen and oxygen atoms in total. The van der Waals surface area contributed by atoms with Gasteiger partial charge in [0.2, 0.25) is 0 Å². The SMILES string of the molecule is CCCSCc1ncc(Br)c(=S)[nH]1. The Morgan fingerprint density at radius 3 is 3.08 bits per heavy atom. The molecule has 0 atom stereocenters. The van der Waals surface area contributed by atoms with Crippen LogP contribution in [0.5, 0.6) is 0 Å². The minimum atomic E-state index is 0.724. The minimum Gasteiger partial charge on any atom is -0.333 e. The Morgan fingerprint density at radius 1 is 1.69 bits per heavy atom. The maximum absolute atomic E-state index is 5.07. The molecular weight excluding hydrogens is 268 g/mol. The van der Waals surface area contributed by atoms with Crippen LogP contribution in [0, 0.1) is 4.64 Å². The summed E-state index contributed by atoms with van der Waals surface area (Å²) in [6, 6.07) is 0. The lowest BCUT2D eigenvalue weighted by Crippen LogP contribution is -1.93. The van der Waals surface area contributed by atoms with E-state index in [-0.39, 0.29) is 0 Å². The van der Waals surface area contributed by atoms with Crippen molar-refractivity contribution in [3.05, 3.63) is 21.1 Å². The fourth-order valence-electron chi connectivity index (χ4n) is 0.803. The lowest BCUT2D eigenvalue weighted by atomic mass is 10.6. The summed E-state index contributed by atoms with van der Waals surface area (Å²) >= 11 is 10.2. The van der Waals surface area contributed by atoms with Gasteiger partial charge >= 0.3 is 0 Å². The molecule has 5 heteroatoms. The van der Waals surface area contributed by atoms with Crippen LogP contribution in [0.25, 0.3) is 0 Å². The quantitative estimate of drug-likeness (QED) is 0.675. The van der Waals surface area contributed by atoms with E-state index in [4.69, 9.17) is 12.2 Å². The topological polar surface area (TPSA) is 28.7 Å². The number of hydrogen-bond acceptors (Lipinski definition) is 3. The van der Waals surface area contributed by atoms with Crippen molar-refractivity contribution in [3.8, 4) is 0 Å². The molecule has 0 fully saturated rings. The van der Waals surface area contributed by atoms with Gasteiger partial charge in [-0.3, -0.25) is 0 Å². The van der Waals surface area contributed by atoms with Crippen LogP contribution in [0.1, 0.15) is 19.2 Å². The second kappa shape index (κ2) is 5.78. The molecule has 0 aliphatic carbocycles. The Morgan fingerprint density at radius 2 is 2.46 bits per heavy atom. The van der Waals surface area contributed by atoms with E-state index in [1.54, 1.807) is 6.20 Å². The molecule has 0 spiro atoms. The summed E-state index contributed by atoms with van der Waals surface area (Å²) in [4.78, 5) is 7.29. The van der Waals surface area contributed by atoms with Crippen molar-refractivity contribution in [2.75, 3.05) is 5.75 Å². The van der Waals surface area contributed by atoms with Gasteiger partial charge in [0.05, 0.1) is 10.2 Å². The number of rotatable bonds is 4. The predicted molar refractivity (Wildman–Crippen MR) is 63.6 cm³/mol. The molecule has 0 unspecified atom stereocenters. The van der Waals surface area contributed by atoms with E-state index >= 15 is 0 Å². The third kappa shape index (κ3) is 3.79. The molecule has 1 aromatic heterocycles. The van der Waals surface area contributed by atoms with Gasteiger partial charge in [0.15, 0.2) is 0 Å². The average molecular weight is 279 g/mol. The number of thioether (sulfide) groups is 1. The van der Waals surface area contributed by atoms with Crippen LogP contribution in [-0.2, 0) is 5.75 Å². The highest BCUT2D eigenvalue weighted by atomic mass is 79.9. The predicted octanol–water partition coefficient (Wildman–Crippen LogP) is 3.54. The summed E-state index contributed by atoms with van der Waals surface area (Å²) in [5, 5.41) is 0. The van der Waals surface area contributed by atoms with Crippen molar-refractivity contribution in [2.45, 2.75) is 19.1 Å². The van der Waals surface area contributed by atoms with Crippen LogP contribution >= 0.6 is 39.9 Å². The summed E-state index contributed by atoms with van der Waals surface area (Å²) in [6.45, 7) is 2.17. The van der Waals surface area contributed by atoms with E-state index in [0.717, 1.165) is 20.7 Å². The smallest absolute Gasteiger partial charge is 0.120 e. The lowest BCUT2D eigenvalue weighted by molar-refractivity contribution is 1.01. The first-order valence-corrected chi connectivity index (χ1v) is 6.41. The number of aromatic nitrogens is 2. The zero-order valence-corrected chi connectivity index (χ0v) is 10.6. The number of hydrogen-bond donors (Lipinski definition) is 1. The van der Waals surface area contributed by atoms with Crippen LogP contribution in [0.3, 0.4) is 0 Å². The molecule has 13 heavy (non-hydrogen) atoms. The molecule has 0 amide bonds. The molecule has 1 rings (SSSR count). The molecule has 0 aliphatic rings. The summed E-state index contributed by atoms with van der Waals surface area (Å²) in [6.07, 6.45) is 2.95. The second-order valence-corrected chi connectivity index (χ2v) is 4.93. The van der Waals surface area contributed by atoms with Crippen molar-refractivity contribution in [1.29, 1.82) is 0 Å². The van der Waals surface area contributed by atoms with Gasteiger partial charge in [-0.25, -0.2) is 4.98 Å². The van der Waals surface area contributed by atoms with Gasteiger partial charge in [-0.2, -0.15) is 11.8 Å². The molecule has 0 radical (unpaired) electrons. The van der Waals surface area contributed by atoms with E-state index in [9.17, 15) is 0 Å². The van der Waals surface area contributed by atoms with Crippen LogP contribution in [-0.4, -0.2) is 15.7 Å². The molecule has 1 heterocycles. The van der Waals surface area contributed by atoms with E-state index in [1.165, 1.54) is 12.2 Å². The number of halogens is 1. The molecule has 0 saturated carbocycles. The molecule has 1 N–H and O–H groups in total. The van der Waals surface area contributed by atoms with Crippen molar-refractivity contribution in [3.63, 3.8) is 0 Å². The van der Waals surface area contributed by atoms with Crippen molar-refractivity contribution >= 4 is 39.9 Å². The first-order chi connectivity index (χ1) is 6.24. The van der Waals surface area contributed by atoms with Gasteiger partial charge in [0.25, 0.3) is 0 Å². The Hall–Kier alpha value is 0.130. The van der Waals surface area contributed by atoms with E-state index in [2.05, 4.69) is 32.8 Å². The Bertz CT molecular complexity index is 324. The zero-order chi connectivity index (χ0) is 9.68. The third-order valence-corrected chi connectivity index (χ3v) is 3.76. The monoisotopic (exact) mass is 278 g/mol. The summed E-state index contributed by atoms with van der Waals surface area (Å²) in [7, 11) is 0. The van der Waals surface area contributed by atoms with Crippen molar-refractivity contribution in [2.24, 2.45) is 0 Å². The van der Waals surface area contributed by atoms with E-state index in [0.29, 0.717) is 0 Å². The highest BCUT2D eigenvalue weighted by Crippen LogP contribution is 2.12. The number of aromatic amines is 1. The maximum atomic E-state index is 5.07. The highest BCUT2D eigenvalue weighted by Gasteiger charge is 1.96. The molecule has 72 valence electrons. The van der Waals surface area contributed by atoms with Gasteiger partial charge in [0.1, 0.15) is 10.5 Å². The Kier molecular flexibility index (Phi) is 4.98. The maximum Gasteiger partial charge on any atom is 0.120 e. The van der Waals surface area contributed by atoms with Crippen LogP contribution in [0.4, 0.5) is 0 Å². The fourth-order valence-corrected chi connectivity index (χ4v) is 1.95. The van der Waals surface area contributed by atoms with Crippen molar-refractivity contribution < 1.29 is 0 Å². The summed E-state index contributed by atoms with van der Waals surface area (Å²) < 4.78 is 1.58. The molecule has 1 aromatic rings. The fraction of sp³-hybridized carbons (Fsp3) is 0.500. The van der Waals surface area contributed by atoms with E-state index in [1.807, 2.05) is 11.8 Å². The number of nitrogens with zero attached hydrogens (tertiary/aromatic N) is 1. The Balaban J connectivity index is 2.58. The lowest BCUT2D eigenvalue weighted by Gasteiger charge is -2.00. The zero-order valence-electron chi connectivity index (χ0n) is 7.34. The van der Waals surface area contributed by atoms with E-state index < -0.39 is 0 Å². The number of H-pyrrole nitrogens is 1. The van der Waals surface area contributed by atoms with Gasteiger partial charge < -0.3 is 4.98 Å².